The van der Waals surface area contributed by atoms with Crippen molar-refractivity contribution < 1.29 is 8.42 Å². The number of nitrogens with zero attached hydrogens (tertiary/aromatic N) is 2. The van der Waals surface area contributed by atoms with E-state index in [2.05, 4.69) is 17.1 Å². The molecule has 0 saturated heterocycles. The van der Waals surface area contributed by atoms with Gasteiger partial charge in [-0.25, -0.2) is 8.42 Å². The molecule has 6 heteroatoms. The van der Waals surface area contributed by atoms with E-state index in [0.717, 1.165) is 35.3 Å². The summed E-state index contributed by atoms with van der Waals surface area (Å²) in [6.45, 7) is 2.43. The number of hydrogen-bond acceptors (Lipinski definition) is 3. The average Bonchev–Trinajstić information content (AvgIpc) is 2.95. The van der Waals surface area contributed by atoms with Crippen LogP contribution in [0.3, 0.4) is 0 Å². The summed E-state index contributed by atoms with van der Waals surface area (Å²) in [5.74, 6) is 0.197. The molecule has 1 N–H and O–H groups in total. The fourth-order valence-electron chi connectivity index (χ4n) is 2.70. The molecule has 0 aliphatic carbocycles. The maximum atomic E-state index is 12.7. The minimum Gasteiger partial charge on any atom is -0.277 e. The molecule has 1 aromatic heterocycles. The van der Waals surface area contributed by atoms with Crippen molar-refractivity contribution in [1.82, 2.24) is 10.2 Å². The Bertz CT molecular complexity index is 737. The van der Waals surface area contributed by atoms with Gasteiger partial charge in [0.15, 0.2) is 0 Å². The highest BCUT2D eigenvalue weighted by molar-refractivity contribution is 7.92. The van der Waals surface area contributed by atoms with Crippen molar-refractivity contribution >= 4 is 15.7 Å². The molecule has 2 aromatic rings. The number of nitrogens with one attached hydrogen (secondary N) is 1. The third-order valence-electron chi connectivity index (χ3n) is 3.82. The lowest BCUT2D eigenvalue weighted by atomic mass is 10.0. The Hall–Kier alpha value is -1.82. The van der Waals surface area contributed by atoms with Crippen molar-refractivity contribution in [2.45, 2.75) is 32.7 Å². The highest BCUT2D eigenvalue weighted by Crippen LogP contribution is 2.39. The van der Waals surface area contributed by atoms with Gasteiger partial charge in [0.1, 0.15) is 0 Å². The lowest BCUT2D eigenvalue weighted by Gasteiger charge is -2.30. The smallest absolute Gasteiger partial charge is 0.235 e. The van der Waals surface area contributed by atoms with Gasteiger partial charge in [-0.15, -0.1) is 0 Å². The molecule has 0 spiro atoms. The third-order valence-corrected chi connectivity index (χ3v) is 5.62. The molecule has 5 nitrogen and oxygen atoms in total. The Morgan fingerprint density at radius 2 is 2.10 bits per heavy atom. The van der Waals surface area contributed by atoms with Crippen LogP contribution in [0.4, 0.5) is 5.69 Å². The summed E-state index contributed by atoms with van der Waals surface area (Å²) in [5, 5.41) is 7.01. The second-order valence-corrected chi connectivity index (χ2v) is 7.33. The number of unbranched alkanes of at least 4 members (excludes halogenated alkanes) is 2. The molecule has 21 heavy (non-hydrogen) atoms. The van der Waals surface area contributed by atoms with Crippen LogP contribution in [-0.4, -0.2) is 24.4 Å². The topological polar surface area (TPSA) is 66.1 Å². The van der Waals surface area contributed by atoms with Crippen LogP contribution < -0.4 is 4.31 Å². The zero-order valence-electron chi connectivity index (χ0n) is 12.0. The Kier molecular flexibility index (Phi) is 3.71. The molecule has 0 saturated carbocycles. The first-order valence-electron chi connectivity index (χ1n) is 7.25. The van der Waals surface area contributed by atoms with Gasteiger partial charge in [0.25, 0.3) is 0 Å². The molecule has 1 aliphatic rings. The van der Waals surface area contributed by atoms with Gasteiger partial charge in [-0.05, 0) is 12.5 Å². The highest BCUT2D eigenvalue weighted by Gasteiger charge is 2.30. The van der Waals surface area contributed by atoms with E-state index in [0.29, 0.717) is 13.0 Å². The molecule has 3 rings (SSSR count). The maximum absolute atomic E-state index is 12.7. The Balaban J connectivity index is 1.98. The van der Waals surface area contributed by atoms with Crippen LogP contribution in [0.2, 0.25) is 0 Å². The van der Waals surface area contributed by atoms with Crippen molar-refractivity contribution in [1.29, 1.82) is 0 Å². The fourth-order valence-corrected chi connectivity index (χ4v) is 4.28. The number of hydrogen-bond donors (Lipinski definition) is 1. The molecule has 2 heterocycles. The van der Waals surface area contributed by atoms with Gasteiger partial charge in [-0.3, -0.25) is 9.40 Å². The normalized spacial score (nSPS) is 13.9. The van der Waals surface area contributed by atoms with Gasteiger partial charge in [0.2, 0.25) is 10.0 Å². The fraction of sp³-hybridized carbons (Fsp3) is 0.400. The van der Waals surface area contributed by atoms with Crippen molar-refractivity contribution in [3.63, 3.8) is 0 Å². The zero-order chi connectivity index (χ0) is 14.9. The van der Waals surface area contributed by atoms with Crippen LogP contribution in [0, 0.1) is 0 Å². The van der Waals surface area contributed by atoms with E-state index in [-0.39, 0.29) is 5.75 Å². The first kappa shape index (κ1) is 14.1. The van der Waals surface area contributed by atoms with Crippen molar-refractivity contribution in [3.05, 3.63) is 36.0 Å². The summed E-state index contributed by atoms with van der Waals surface area (Å²) in [7, 11) is -3.30. The number of fused-ring (bicyclic) bond motifs is 3. The van der Waals surface area contributed by atoms with Crippen LogP contribution in [0.1, 0.15) is 31.7 Å². The van der Waals surface area contributed by atoms with Crippen LogP contribution in [0.5, 0.6) is 0 Å². The number of sulfonamides is 1. The van der Waals surface area contributed by atoms with Crippen LogP contribution in [0.15, 0.2) is 30.5 Å². The predicted molar refractivity (Wildman–Crippen MR) is 83.5 cm³/mol. The number of benzene rings is 1. The minimum absolute atomic E-state index is 0.197. The van der Waals surface area contributed by atoms with Gasteiger partial charge in [0.05, 0.1) is 29.9 Å². The largest absolute Gasteiger partial charge is 0.277 e. The summed E-state index contributed by atoms with van der Waals surface area (Å²) in [6.07, 6.45) is 4.36. The van der Waals surface area contributed by atoms with E-state index in [4.69, 9.17) is 0 Å². The molecule has 0 fully saturated rings. The number of H-pyrrole nitrogens is 1. The van der Waals surface area contributed by atoms with Crippen LogP contribution in [0.25, 0.3) is 11.3 Å². The lowest BCUT2D eigenvalue weighted by molar-refractivity contribution is 0.585. The molecule has 0 unspecified atom stereocenters. The first-order chi connectivity index (χ1) is 10.1. The van der Waals surface area contributed by atoms with Gasteiger partial charge in [-0.2, -0.15) is 5.10 Å². The van der Waals surface area contributed by atoms with Crippen molar-refractivity contribution in [2.75, 3.05) is 10.1 Å². The molecule has 0 radical (unpaired) electrons. The predicted octanol–water partition coefficient (Wildman–Crippen LogP) is 2.92. The second-order valence-electron chi connectivity index (χ2n) is 5.32. The van der Waals surface area contributed by atoms with E-state index in [1.807, 2.05) is 24.3 Å². The quantitative estimate of drug-likeness (QED) is 0.864. The number of para-hydroxylation sites is 1. The summed E-state index contributed by atoms with van der Waals surface area (Å²) < 4.78 is 26.8. The van der Waals surface area contributed by atoms with E-state index in [1.54, 1.807) is 6.20 Å². The standard InChI is InChI=1S/C15H19N3O2S/c1-2-3-6-9-21(19,20)18-11-12-10-16-17-15(12)13-7-4-5-8-14(13)18/h4-5,7-8,10H,2-3,6,9,11H2,1H3,(H,16,17). The number of aromatic amines is 1. The van der Waals surface area contributed by atoms with E-state index in [9.17, 15) is 8.42 Å². The summed E-state index contributed by atoms with van der Waals surface area (Å²) in [6, 6.07) is 7.57. The van der Waals surface area contributed by atoms with Crippen LogP contribution in [-0.2, 0) is 16.6 Å². The van der Waals surface area contributed by atoms with Gasteiger partial charge in [0, 0.05) is 11.1 Å². The molecular weight excluding hydrogens is 286 g/mol. The number of rotatable bonds is 5. The summed E-state index contributed by atoms with van der Waals surface area (Å²) in [5.41, 5.74) is 3.49. The highest BCUT2D eigenvalue weighted by atomic mass is 32.2. The SMILES string of the molecule is CCCCCS(=O)(=O)N1Cc2cn[nH]c2-c2ccccc21. The molecule has 1 aromatic carbocycles. The molecule has 1 aliphatic heterocycles. The minimum atomic E-state index is -3.30. The van der Waals surface area contributed by atoms with Gasteiger partial charge >= 0.3 is 0 Å². The average molecular weight is 305 g/mol. The van der Waals surface area contributed by atoms with Gasteiger partial charge in [-0.1, -0.05) is 38.0 Å². The number of aromatic nitrogens is 2. The molecule has 0 bridgehead atoms. The Morgan fingerprint density at radius 1 is 1.29 bits per heavy atom. The third kappa shape index (κ3) is 2.55. The zero-order valence-corrected chi connectivity index (χ0v) is 12.9. The van der Waals surface area contributed by atoms with Crippen molar-refractivity contribution in [2.24, 2.45) is 0 Å². The van der Waals surface area contributed by atoms with Crippen LogP contribution >= 0.6 is 0 Å². The van der Waals surface area contributed by atoms with E-state index >= 15 is 0 Å². The van der Waals surface area contributed by atoms with E-state index in [1.165, 1.54) is 4.31 Å². The summed E-state index contributed by atoms with van der Waals surface area (Å²) >= 11 is 0. The monoisotopic (exact) mass is 305 g/mol. The summed E-state index contributed by atoms with van der Waals surface area (Å²) in [4.78, 5) is 0. The van der Waals surface area contributed by atoms with Crippen molar-refractivity contribution in [3.8, 4) is 11.3 Å². The van der Waals surface area contributed by atoms with Gasteiger partial charge < -0.3 is 0 Å². The maximum Gasteiger partial charge on any atom is 0.235 e. The Labute approximate surface area is 125 Å². The first-order valence-corrected chi connectivity index (χ1v) is 8.86. The second kappa shape index (κ2) is 5.52. The molecule has 112 valence electrons. The lowest BCUT2D eigenvalue weighted by Crippen LogP contribution is -2.34. The van der Waals surface area contributed by atoms with E-state index < -0.39 is 10.0 Å². The molecule has 0 atom stereocenters. The molecule has 0 amide bonds. The molecular formula is C15H19N3O2S. The Morgan fingerprint density at radius 3 is 2.90 bits per heavy atom. The number of anilines is 1.